The van der Waals surface area contributed by atoms with E-state index in [1.54, 1.807) is 0 Å². The number of carbonyl (C=O) groups excluding carboxylic acids is 1. The molecule has 4 heteroatoms. The van der Waals surface area contributed by atoms with E-state index in [-0.39, 0.29) is 6.03 Å². The van der Waals surface area contributed by atoms with Crippen LogP contribution in [0.1, 0.15) is 52.4 Å². The van der Waals surface area contributed by atoms with Crippen LogP contribution in [0.4, 0.5) is 4.79 Å². The van der Waals surface area contributed by atoms with Crippen molar-refractivity contribution in [1.29, 1.82) is 0 Å². The van der Waals surface area contributed by atoms with E-state index in [1.165, 1.54) is 44.2 Å². The standard InChI is InChI=1S/C18H31N3O/c1-14(2)5-3-10-19-18(22)20-12-9-17-15(13-20)6-4-11-21(17)16-7-8-16/h5,15-17H,3-4,6-13H2,1-2H3,(H,19,22)/t15-,17-/m1/s1. The fourth-order valence-electron chi connectivity index (χ4n) is 4.14. The lowest BCUT2D eigenvalue weighted by atomic mass is 9.84. The van der Waals surface area contributed by atoms with Gasteiger partial charge in [-0.15, -0.1) is 0 Å². The van der Waals surface area contributed by atoms with Crippen molar-refractivity contribution in [1.82, 2.24) is 15.1 Å². The van der Waals surface area contributed by atoms with Gasteiger partial charge in [-0.3, -0.25) is 4.90 Å². The molecule has 0 aromatic carbocycles. The van der Waals surface area contributed by atoms with E-state index < -0.39 is 0 Å². The molecule has 3 fully saturated rings. The highest BCUT2D eigenvalue weighted by atomic mass is 16.2. The average Bonchev–Trinajstić information content (AvgIpc) is 3.34. The number of urea groups is 1. The molecule has 0 aromatic heterocycles. The zero-order valence-electron chi connectivity index (χ0n) is 14.2. The van der Waals surface area contributed by atoms with Crippen LogP contribution < -0.4 is 5.32 Å². The first kappa shape index (κ1) is 15.9. The Morgan fingerprint density at radius 2 is 2.00 bits per heavy atom. The first-order chi connectivity index (χ1) is 10.6. The van der Waals surface area contributed by atoms with Crippen molar-refractivity contribution < 1.29 is 4.79 Å². The van der Waals surface area contributed by atoms with E-state index in [0.717, 1.165) is 38.1 Å². The van der Waals surface area contributed by atoms with E-state index in [4.69, 9.17) is 0 Å². The predicted octanol–water partition coefficient (Wildman–Crippen LogP) is 3.00. The minimum Gasteiger partial charge on any atom is -0.338 e. The van der Waals surface area contributed by atoms with Crippen LogP contribution in [0.5, 0.6) is 0 Å². The third-order valence-electron chi connectivity index (χ3n) is 5.39. The molecule has 2 aliphatic heterocycles. The first-order valence-electron chi connectivity index (χ1n) is 9.07. The van der Waals surface area contributed by atoms with Gasteiger partial charge in [-0.25, -0.2) is 4.79 Å². The van der Waals surface area contributed by atoms with E-state index in [1.807, 2.05) is 0 Å². The van der Waals surface area contributed by atoms with Crippen LogP contribution in [0.2, 0.25) is 0 Å². The number of nitrogens with one attached hydrogen (secondary N) is 1. The molecule has 0 unspecified atom stereocenters. The topological polar surface area (TPSA) is 35.6 Å². The van der Waals surface area contributed by atoms with Crippen LogP contribution in [-0.4, -0.2) is 54.1 Å². The van der Waals surface area contributed by atoms with Gasteiger partial charge >= 0.3 is 6.03 Å². The molecular formula is C18H31N3O. The van der Waals surface area contributed by atoms with Crippen LogP contribution in [0.3, 0.4) is 0 Å². The largest absolute Gasteiger partial charge is 0.338 e. The molecule has 0 spiro atoms. The third kappa shape index (κ3) is 3.83. The lowest BCUT2D eigenvalue weighted by Crippen LogP contribution is -2.57. The van der Waals surface area contributed by atoms with Crippen LogP contribution in [0, 0.1) is 5.92 Å². The fourth-order valence-corrected chi connectivity index (χ4v) is 4.14. The predicted molar refractivity (Wildman–Crippen MR) is 89.9 cm³/mol. The molecule has 0 bridgehead atoms. The van der Waals surface area contributed by atoms with Crippen molar-refractivity contribution in [2.45, 2.75) is 64.5 Å². The summed E-state index contributed by atoms with van der Waals surface area (Å²) >= 11 is 0. The molecule has 1 aliphatic carbocycles. The Bertz CT molecular complexity index is 426. The third-order valence-corrected chi connectivity index (χ3v) is 5.39. The van der Waals surface area contributed by atoms with Crippen LogP contribution in [0.15, 0.2) is 11.6 Å². The van der Waals surface area contributed by atoms with Gasteiger partial charge < -0.3 is 10.2 Å². The Balaban J connectivity index is 1.46. The molecular weight excluding hydrogens is 274 g/mol. The molecule has 1 N–H and O–H groups in total. The van der Waals surface area contributed by atoms with Crippen LogP contribution in [0.25, 0.3) is 0 Å². The summed E-state index contributed by atoms with van der Waals surface area (Å²) < 4.78 is 0. The minimum absolute atomic E-state index is 0.143. The summed E-state index contributed by atoms with van der Waals surface area (Å²) in [5, 5.41) is 3.08. The highest BCUT2D eigenvalue weighted by Gasteiger charge is 2.42. The molecule has 2 amide bonds. The lowest BCUT2D eigenvalue weighted by molar-refractivity contribution is 0.0296. The van der Waals surface area contributed by atoms with Crippen LogP contribution in [-0.2, 0) is 0 Å². The molecule has 124 valence electrons. The summed E-state index contributed by atoms with van der Waals surface area (Å²) in [6.45, 7) is 8.13. The molecule has 2 saturated heterocycles. The Labute approximate surface area is 134 Å². The van der Waals surface area contributed by atoms with E-state index in [9.17, 15) is 4.79 Å². The smallest absolute Gasteiger partial charge is 0.317 e. The molecule has 3 rings (SSSR count). The Kier molecular flexibility index (Phi) is 5.07. The number of carbonyl (C=O) groups is 1. The van der Waals surface area contributed by atoms with Gasteiger partial charge in [0.05, 0.1) is 0 Å². The van der Waals surface area contributed by atoms with Gasteiger partial charge in [0.2, 0.25) is 0 Å². The summed E-state index contributed by atoms with van der Waals surface area (Å²) in [5.74, 6) is 0.701. The van der Waals surface area contributed by atoms with Gasteiger partial charge in [-0.05, 0) is 64.8 Å². The van der Waals surface area contributed by atoms with Crippen molar-refractivity contribution in [2.75, 3.05) is 26.2 Å². The summed E-state index contributed by atoms with van der Waals surface area (Å²) in [6, 6.07) is 1.76. The molecule has 2 atom stereocenters. The van der Waals surface area contributed by atoms with Gasteiger partial charge in [0, 0.05) is 31.7 Å². The van der Waals surface area contributed by atoms with Crippen molar-refractivity contribution in [3.05, 3.63) is 11.6 Å². The average molecular weight is 305 g/mol. The summed E-state index contributed by atoms with van der Waals surface area (Å²) in [7, 11) is 0. The molecule has 2 heterocycles. The maximum absolute atomic E-state index is 12.3. The van der Waals surface area contributed by atoms with Gasteiger partial charge in [-0.1, -0.05) is 11.6 Å². The molecule has 1 saturated carbocycles. The second-order valence-corrected chi connectivity index (χ2v) is 7.48. The Morgan fingerprint density at radius 1 is 1.18 bits per heavy atom. The van der Waals surface area contributed by atoms with Crippen molar-refractivity contribution >= 4 is 6.03 Å². The zero-order chi connectivity index (χ0) is 15.5. The highest BCUT2D eigenvalue weighted by Crippen LogP contribution is 2.38. The summed E-state index contributed by atoms with van der Waals surface area (Å²) in [4.78, 5) is 17.1. The number of fused-ring (bicyclic) bond motifs is 1. The van der Waals surface area contributed by atoms with Crippen LogP contribution >= 0.6 is 0 Å². The number of likely N-dealkylation sites (tertiary alicyclic amines) is 2. The fraction of sp³-hybridized carbons (Fsp3) is 0.833. The number of amides is 2. The first-order valence-corrected chi connectivity index (χ1v) is 9.07. The maximum atomic E-state index is 12.3. The monoisotopic (exact) mass is 305 g/mol. The second kappa shape index (κ2) is 7.03. The molecule has 4 nitrogen and oxygen atoms in total. The van der Waals surface area contributed by atoms with Gasteiger partial charge in [0.1, 0.15) is 0 Å². The quantitative estimate of drug-likeness (QED) is 0.640. The van der Waals surface area contributed by atoms with Gasteiger partial charge in [-0.2, -0.15) is 0 Å². The summed E-state index contributed by atoms with van der Waals surface area (Å²) in [6.07, 6.45) is 9.70. The number of piperidine rings is 2. The summed E-state index contributed by atoms with van der Waals surface area (Å²) in [5.41, 5.74) is 1.32. The van der Waals surface area contributed by atoms with Crippen molar-refractivity contribution in [2.24, 2.45) is 5.92 Å². The SMILES string of the molecule is CC(C)=CCCNC(=O)N1CC[C@@H]2[C@H](CCCN2C2CC2)C1. The maximum Gasteiger partial charge on any atom is 0.317 e. The van der Waals surface area contributed by atoms with E-state index in [0.29, 0.717) is 5.92 Å². The van der Waals surface area contributed by atoms with E-state index in [2.05, 4.69) is 35.0 Å². The lowest BCUT2D eigenvalue weighted by Gasteiger charge is -2.47. The van der Waals surface area contributed by atoms with Crippen molar-refractivity contribution in [3.63, 3.8) is 0 Å². The minimum atomic E-state index is 0.143. The van der Waals surface area contributed by atoms with E-state index >= 15 is 0 Å². The van der Waals surface area contributed by atoms with Gasteiger partial charge in [0.15, 0.2) is 0 Å². The second-order valence-electron chi connectivity index (χ2n) is 7.48. The molecule has 22 heavy (non-hydrogen) atoms. The zero-order valence-corrected chi connectivity index (χ0v) is 14.2. The number of allylic oxidation sites excluding steroid dienone is 1. The number of nitrogens with zero attached hydrogens (tertiary/aromatic N) is 2. The normalized spacial score (nSPS) is 28.9. The number of rotatable bonds is 4. The molecule has 0 radical (unpaired) electrons. The van der Waals surface area contributed by atoms with Gasteiger partial charge in [0.25, 0.3) is 0 Å². The molecule has 0 aromatic rings. The van der Waals surface area contributed by atoms with Crippen molar-refractivity contribution in [3.8, 4) is 0 Å². The number of hydrogen-bond donors (Lipinski definition) is 1. The highest BCUT2D eigenvalue weighted by molar-refractivity contribution is 5.74. The Hall–Kier alpha value is -1.03. The number of hydrogen-bond acceptors (Lipinski definition) is 2. The Morgan fingerprint density at radius 3 is 2.73 bits per heavy atom. The molecule has 3 aliphatic rings.